The van der Waals surface area contributed by atoms with E-state index in [2.05, 4.69) is 41.7 Å². The molecule has 0 atom stereocenters. The van der Waals surface area contributed by atoms with Gasteiger partial charge in [-0.05, 0) is 44.9 Å². The Morgan fingerprint density at radius 1 is 1.26 bits per heavy atom. The molecule has 6 heteroatoms. The molecule has 0 radical (unpaired) electrons. The average molecular weight is 432 g/mol. The average Bonchev–Trinajstić information content (AvgIpc) is 2.43. The summed E-state index contributed by atoms with van der Waals surface area (Å²) in [6, 6.07) is 7.84. The first-order valence-electron chi connectivity index (χ1n) is 7.71. The third-order valence-corrected chi connectivity index (χ3v) is 2.86. The summed E-state index contributed by atoms with van der Waals surface area (Å²) in [5.74, 6) is 0.811. The van der Waals surface area contributed by atoms with Crippen LogP contribution >= 0.6 is 24.0 Å². The van der Waals surface area contributed by atoms with Crippen molar-refractivity contribution in [3.8, 4) is 0 Å². The zero-order valence-corrected chi connectivity index (χ0v) is 17.0. The number of anilines is 1. The third-order valence-electron chi connectivity index (χ3n) is 2.86. The van der Waals surface area contributed by atoms with E-state index in [0.717, 1.165) is 23.6 Å². The van der Waals surface area contributed by atoms with Crippen molar-refractivity contribution in [3.05, 3.63) is 29.8 Å². The number of halogens is 1. The Balaban J connectivity index is 0.00000484. The zero-order chi connectivity index (χ0) is 16.6. The van der Waals surface area contributed by atoms with Gasteiger partial charge in [-0.1, -0.05) is 19.1 Å². The predicted octanol–water partition coefficient (Wildman–Crippen LogP) is 3.51. The van der Waals surface area contributed by atoms with Crippen LogP contribution in [0.1, 0.15) is 46.1 Å². The van der Waals surface area contributed by atoms with Gasteiger partial charge in [-0.25, -0.2) is 0 Å². The van der Waals surface area contributed by atoms with E-state index in [4.69, 9.17) is 0 Å². The number of rotatable bonds is 5. The molecule has 1 aromatic carbocycles. The molecule has 0 bridgehead atoms. The smallest absolute Gasteiger partial charge is 0.224 e. The van der Waals surface area contributed by atoms with Crippen LogP contribution in [0.3, 0.4) is 0 Å². The molecule has 0 fully saturated rings. The molecule has 3 N–H and O–H groups in total. The highest BCUT2D eigenvalue weighted by atomic mass is 127. The van der Waals surface area contributed by atoms with Crippen LogP contribution in [0.25, 0.3) is 0 Å². The first-order chi connectivity index (χ1) is 10.3. The maximum absolute atomic E-state index is 11.6. The van der Waals surface area contributed by atoms with Crippen LogP contribution in [0.5, 0.6) is 0 Å². The van der Waals surface area contributed by atoms with Crippen molar-refractivity contribution in [1.82, 2.24) is 10.6 Å². The van der Waals surface area contributed by atoms with E-state index in [-0.39, 0.29) is 35.4 Å². The van der Waals surface area contributed by atoms with E-state index < -0.39 is 0 Å². The van der Waals surface area contributed by atoms with E-state index >= 15 is 0 Å². The molecule has 0 aliphatic carbocycles. The number of carbonyl (C=O) groups excluding carboxylic acids is 1. The summed E-state index contributed by atoms with van der Waals surface area (Å²) in [4.78, 5) is 15.8. The molecule has 5 nitrogen and oxygen atoms in total. The first-order valence-corrected chi connectivity index (χ1v) is 7.71. The number of hydrogen-bond donors (Lipinski definition) is 3. The van der Waals surface area contributed by atoms with Crippen molar-refractivity contribution in [1.29, 1.82) is 0 Å². The molecule has 0 heterocycles. The highest BCUT2D eigenvalue weighted by molar-refractivity contribution is 14.0. The highest BCUT2D eigenvalue weighted by Crippen LogP contribution is 2.11. The molecule has 0 saturated heterocycles. The van der Waals surface area contributed by atoms with Crippen LogP contribution in [0, 0.1) is 0 Å². The van der Waals surface area contributed by atoms with Gasteiger partial charge in [-0.15, -0.1) is 24.0 Å². The van der Waals surface area contributed by atoms with Gasteiger partial charge >= 0.3 is 0 Å². The summed E-state index contributed by atoms with van der Waals surface area (Å²) >= 11 is 0. The van der Waals surface area contributed by atoms with Crippen LogP contribution in [0.4, 0.5) is 5.69 Å². The summed E-state index contributed by atoms with van der Waals surface area (Å²) in [7, 11) is 1.75. The Hall–Kier alpha value is -1.31. The number of hydrogen-bond acceptors (Lipinski definition) is 2. The van der Waals surface area contributed by atoms with Crippen molar-refractivity contribution in [2.24, 2.45) is 4.99 Å². The second-order valence-corrected chi connectivity index (χ2v) is 6.30. The maximum Gasteiger partial charge on any atom is 0.224 e. The lowest BCUT2D eigenvalue weighted by Gasteiger charge is -2.23. The number of nitrogens with one attached hydrogen (secondary N) is 3. The number of nitrogens with zero attached hydrogens (tertiary/aromatic N) is 1. The summed E-state index contributed by atoms with van der Waals surface area (Å²) < 4.78 is 0. The minimum Gasteiger partial charge on any atom is -0.352 e. The SMILES string of the molecule is CCCC(=O)Nc1cccc(CNC(=NC)NC(C)(C)C)c1.I. The van der Waals surface area contributed by atoms with Crippen molar-refractivity contribution in [2.45, 2.75) is 52.6 Å². The Bertz CT molecular complexity index is 524. The standard InChI is InChI=1S/C17H28N4O.HI/c1-6-8-15(22)20-14-10-7-9-13(11-14)12-19-16(18-5)21-17(2,3)4;/h7,9-11H,6,8,12H2,1-5H3,(H,20,22)(H2,18,19,21);1H. The van der Waals surface area contributed by atoms with Gasteiger partial charge in [0.2, 0.25) is 5.91 Å². The van der Waals surface area contributed by atoms with E-state index in [1.54, 1.807) is 7.05 Å². The molecule has 1 amide bonds. The lowest BCUT2D eigenvalue weighted by molar-refractivity contribution is -0.116. The Labute approximate surface area is 156 Å². The van der Waals surface area contributed by atoms with Crippen molar-refractivity contribution < 1.29 is 4.79 Å². The molecule has 0 aliphatic heterocycles. The summed E-state index contributed by atoms with van der Waals surface area (Å²) in [6.45, 7) is 8.90. The second kappa shape index (κ2) is 10.5. The highest BCUT2D eigenvalue weighted by Gasteiger charge is 2.11. The van der Waals surface area contributed by atoms with Crippen molar-refractivity contribution in [2.75, 3.05) is 12.4 Å². The van der Waals surface area contributed by atoms with E-state index in [9.17, 15) is 4.79 Å². The Morgan fingerprint density at radius 3 is 2.52 bits per heavy atom. The summed E-state index contributed by atoms with van der Waals surface area (Å²) in [5, 5.41) is 9.49. The van der Waals surface area contributed by atoms with Gasteiger partial charge < -0.3 is 16.0 Å². The van der Waals surface area contributed by atoms with E-state index in [1.165, 1.54) is 0 Å². The van der Waals surface area contributed by atoms with Crippen molar-refractivity contribution >= 4 is 41.5 Å². The second-order valence-electron chi connectivity index (χ2n) is 6.30. The fourth-order valence-corrected chi connectivity index (χ4v) is 1.93. The van der Waals surface area contributed by atoms with Crippen LogP contribution in [0.15, 0.2) is 29.3 Å². The molecular formula is C17H29IN4O. The zero-order valence-electron chi connectivity index (χ0n) is 14.7. The maximum atomic E-state index is 11.6. The van der Waals surface area contributed by atoms with Crippen LogP contribution in [0.2, 0.25) is 0 Å². The van der Waals surface area contributed by atoms with Gasteiger partial charge in [-0.3, -0.25) is 9.79 Å². The first kappa shape index (κ1) is 21.7. The molecule has 0 aromatic heterocycles. The number of amides is 1. The third kappa shape index (κ3) is 9.43. The predicted molar refractivity (Wildman–Crippen MR) is 108 cm³/mol. The minimum absolute atomic E-state index is 0. The normalized spacial score (nSPS) is 11.4. The largest absolute Gasteiger partial charge is 0.352 e. The fourth-order valence-electron chi connectivity index (χ4n) is 1.93. The van der Waals surface area contributed by atoms with Crippen molar-refractivity contribution in [3.63, 3.8) is 0 Å². The molecular weight excluding hydrogens is 403 g/mol. The molecule has 23 heavy (non-hydrogen) atoms. The number of benzene rings is 1. The molecule has 0 saturated carbocycles. The van der Waals surface area contributed by atoms with Gasteiger partial charge in [0.1, 0.15) is 0 Å². The van der Waals surface area contributed by atoms with E-state index in [1.807, 2.05) is 31.2 Å². The van der Waals surface area contributed by atoms with Gasteiger partial charge in [0, 0.05) is 31.2 Å². The van der Waals surface area contributed by atoms with E-state index in [0.29, 0.717) is 13.0 Å². The monoisotopic (exact) mass is 432 g/mol. The topological polar surface area (TPSA) is 65.5 Å². The van der Waals surface area contributed by atoms with Crippen LogP contribution < -0.4 is 16.0 Å². The lowest BCUT2D eigenvalue weighted by Crippen LogP contribution is -2.47. The number of aliphatic imine (C=N–C) groups is 1. The lowest BCUT2D eigenvalue weighted by atomic mass is 10.1. The number of carbonyl (C=O) groups is 1. The minimum atomic E-state index is -0.0438. The van der Waals surface area contributed by atoms with Gasteiger partial charge in [-0.2, -0.15) is 0 Å². The molecule has 130 valence electrons. The molecule has 1 aromatic rings. The Kier molecular flexibility index (Phi) is 9.87. The Morgan fingerprint density at radius 2 is 1.96 bits per heavy atom. The van der Waals surface area contributed by atoms with Gasteiger partial charge in [0.15, 0.2) is 5.96 Å². The molecule has 1 rings (SSSR count). The molecule has 0 spiro atoms. The van der Waals surface area contributed by atoms with Gasteiger partial charge in [0.25, 0.3) is 0 Å². The number of guanidine groups is 1. The quantitative estimate of drug-likeness (QED) is 0.379. The summed E-state index contributed by atoms with van der Waals surface area (Å²) in [5.41, 5.74) is 1.88. The fraction of sp³-hybridized carbons (Fsp3) is 0.529. The molecule has 0 aliphatic rings. The molecule has 0 unspecified atom stereocenters. The van der Waals surface area contributed by atoms with Crippen LogP contribution in [-0.2, 0) is 11.3 Å². The van der Waals surface area contributed by atoms with Crippen LogP contribution in [-0.4, -0.2) is 24.5 Å². The summed E-state index contributed by atoms with van der Waals surface area (Å²) in [6.07, 6.45) is 1.40. The van der Waals surface area contributed by atoms with Gasteiger partial charge in [0.05, 0.1) is 0 Å².